The average molecular weight is 438 g/mol. The van der Waals surface area contributed by atoms with E-state index in [0.717, 1.165) is 0 Å². The number of rotatable bonds is 11. The molecule has 3 amide bonds. The van der Waals surface area contributed by atoms with Gasteiger partial charge in [-0.2, -0.15) is 0 Å². The predicted molar refractivity (Wildman–Crippen MR) is 99.1 cm³/mol. The lowest BCUT2D eigenvalue weighted by molar-refractivity contribution is -0.139. The Morgan fingerprint density at radius 2 is 1.65 bits per heavy atom. The van der Waals surface area contributed by atoms with Gasteiger partial charge in [-0.25, -0.2) is 9.59 Å². The van der Waals surface area contributed by atoms with Gasteiger partial charge in [-0.15, -0.1) is 0 Å². The van der Waals surface area contributed by atoms with E-state index in [0.29, 0.717) is 19.4 Å². The fourth-order valence-corrected chi connectivity index (χ4v) is 2.06. The number of hydrogen-bond acceptors (Lipinski definition) is 5. The number of carboxylic acid groups (broad SMARTS) is 1. The van der Waals surface area contributed by atoms with Crippen LogP contribution in [0.15, 0.2) is 0 Å². The number of aliphatic carboxylic acids is 1. The van der Waals surface area contributed by atoms with Crippen molar-refractivity contribution >= 4 is 39.8 Å². The van der Waals surface area contributed by atoms with E-state index >= 15 is 0 Å². The van der Waals surface area contributed by atoms with Crippen molar-refractivity contribution in [3.05, 3.63) is 0 Å². The molecule has 4 N–H and O–H groups in total. The highest BCUT2D eigenvalue weighted by Gasteiger charge is 2.23. The molecular weight excluding hydrogens is 410 g/mol. The van der Waals surface area contributed by atoms with Gasteiger partial charge in [-0.3, -0.25) is 9.59 Å². The molecule has 0 rings (SSSR count). The number of alkyl carbamates (subject to hydrolysis) is 1. The number of amides is 3. The second-order valence-electron chi connectivity index (χ2n) is 6.62. The Hall–Kier alpha value is -1.84. The van der Waals surface area contributed by atoms with E-state index in [-0.39, 0.29) is 36.5 Å². The third kappa shape index (κ3) is 13.5. The van der Waals surface area contributed by atoms with Crippen LogP contribution in [0.5, 0.6) is 0 Å². The summed E-state index contributed by atoms with van der Waals surface area (Å²) in [4.78, 5) is 45.4. The van der Waals surface area contributed by atoms with E-state index in [2.05, 4.69) is 31.9 Å². The van der Waals surface area contributed by atoms with E-state index in [1.165, 1.54) is 0 Å². The molecular formula is C16H28BrN3O6. The van der Waals surface area contributed by atoms with E-state index in [4.69, 9.17) is 9.84 Å². The number of halogens is 1. The quantitative estimate of drug-likeness (QED) is 0.283. The maximum absolute atomic E-state index is 11.6. The van der Waals surface area contributed by atoms with Gasteiger partial charge in [0.1, 0.15) is 11.6 Å². The summed E-state index contributed by atoms with van der Waals surface area (Å²) in [6.45, 7) is 5.73. The molecule has 0 radical (unpaired) electrons. The number of alkyl halides is 1. The topological polar surface area (TPSA) is 134 Å². The molecule has 150 valence electrons. The van der Waals surface area contributed by atoms with Crippen LogP contribution in [0.25, 0.3) is 0 Å². The molecule has 0 fully saturated rings. The number of nitrogens with one attached hydrogen (secondary N) is 3. The first-order chi connectivity index (χ1) is 12.0. The highest BCUT2D eigenvalue weighted by molar-refractivity contribution is 9.09. The lowest BCUT2D eigenvalue weighted by atomic mass is 10.1. The third-order valence-electron chi connectivity index (χ3n) is 3.03. The Labute approximate surface area is 161 Å². The zero-order chi connectivity index (χ0) is 20.2. The molecule has 9 nitrogen and oxygen atoms in total. The van der Waals surface area contributed by atoms with Gasteiger partial charge in [0.15, 0.2) is 0 Å². The first-order valence-electron chi connectivity index (χ1n) is 8.37. The number of carbonyl (C=O) groups excluding carboxylic acids is 3. The van der Waals surface area contributed by atoms with Crippen molar-refractivity contribution in [2.75, 3.05) is 18.4 Å². The summed E-state index contributed by atoms with van der Waals surface area (Å²) in [7, 11) is 0. The van der Waals surface area contributed by atoms with Crippen LogP contribution in [0, 0.1) is 0 Å². The normalized spacial score (nSPS) is 12.0. The Balaban J connectivity index is 3.96. The van der Waals surface area contributed by atoms with Crippen LogP contribution in [0.1, 0.15) is 46.5 Å². The molecule has 0 aromatic rings. The Morgan fingerprint density at radius 1 is 1.04 bits per heavy atom. The number of carboxylic acids is 1. The molecule has 0 heterocycles. The lowest BCUT2D eigenvalue weighted by Crippen LogP contribution is -2.43. The summed E-state index contributed by atoms with van der Waals surface area (Å²) in [6.07, 6.45) is 0.707. The van der Waals surface area contributed by atoms with Gasteiger partial charge in [-0.05, 0) is 40.0 Å². The maximum atomic E-state index is 11.6. The monoisotopic (exact) mass is 437 g/mol. The van der Waals surface area contributed by atoms with E-state index < -0.39 is 23.7 Å². The molecule has 1 unspecified atom stereocenters. The van der Waals surface area contributed by atoms with Crippen LogP contribution in [-0.2, 0) is 19.1 Å². The largest absolute Gasteiger partial charge is 0.480 e. The molecule has 0 bridgehead atoms. The second-order valence-corrected chi connectivity index (χ2v) is 7.18. The Kier molecular flexibility index (Phi) is 11.6. The summed E-state index contributed by atoms with van der Waals surface area (Å²) >= 11 is 3.00. The van der Waals surface area contributed by atoms with E-state index in [1.807, 2.05) is 0 Å². The second kappa shape index (κ2) is 12.5. The minimum atomic E-state index is -1.14. The number of hydrogen-bond donors (Lipinski definition) is 4. The van der Waals surface area contributed by atoms with Gasteiger partial charge >= 0.3 is 12.1 Å². The molecule has 0 aliphatic rings. The SMILES string of the molecule is CC(C)(C)OC(=O)NC(CCCCNC(=O)CCNC(=O)CBr)C(=O)O. The van der Waals surface area contributed by atoms with Gasteiger partial charge in [0.2, 0.25) is 11.8 Å². The smallest absolute Gasteiger partial charge is 0.408 e. The molecule has 0 saturated carbocycles. The number of ether oxygens (including phenoxy) is 1. The van der Waals surface area contributed by atoms with Crippen LogP contribution < -0.4 is 16.0 Å². The Bertz CT molecular complexity index is 493. The van der Waals surface area contributed by atoms with Crippen molar-refractivity contribution in [3.63, 3.8) is 0 Å². The molecule has 0 spiro atoms. The van der Waals surface area contributed by atoms with Crippen molar-refractivity contribution in [2.24, 2.45) is 0 Å². The fourth-order valence-electron chi connectivity index (χ4n) is 1.86. The van der Waals surface area contributed by atoms with Crippen molar-refractivity contribution in [3.8, 4) is 0 Å². The third-order valence-corrected chi connectivity index (χ3v) is 3.54. The first-order valence-corrected chi connectivity index (χ1v) is 9.49. The van der Waals surface area contributed by atoms with E-state index in [9.17, 15) is 19.2 Å². The molecule has 0 aromatic carbocycles. The maximum Gasteiger partial charge on any atom is 0.408 e. The van der Waals surface area contributed by atoms with Crippen molar-refractivity contribution in [1.82, 2.24) is 16.0 Å². The summed E-state index contributed by atoms with van der Waals surface area (Å²) in [5.41, 5.74) is -0.703. The zero-order valence-electron chi connectivity index (χ0n) is 15.4. The lowest BCUT2D eigenvalue weighted by Gasteiger charge is -2.22. The fraction of sp³-hybridized carbons (Fsp3) is 0.750. The summed E-state index contributed by atoms with van der Waals surface area (Å²) in [6, 6.07) is -1.04. The standard InChI is InChI=1S/C16H28BrN3O6/c1-16(2,3)26-15(25)20-11(14(23)24)6-4-5-8-18-12(21)7-9-19-13(22)10-17/h11H,4-10H2,1-3H3,(H,18,21)(H,19,22)(H,20,25)(H,23,24). The summed E-state index contributed by atoms with van der Waals surface area (Å²) in [5.74, 6) is -1.51. The average Bonchev–Trinajstić information content (AvgIpc) is 2.51. The van der Waals surface area contributed by atoms with Crippen LogP contribution in [0.4, 0.5) is 4.79 Å². The van der Waals surface area contributed by atoms with Crippen LogP contribution in [0.2, 0.25) is 0 Å². The van der Waals surface area contributed by atoms with Crippen LogP contribution in [-0.4, -0.2) is 59.0 Å². The number of carbonyl (C=O) groups is 4. The molecule has 1 atom stereocenters. The van der Waals surface area contributed by atoms with Crippen LogP contribution >= 0.6 is 15.9 Å². The molecule has 0 aromatic heterocycles. The summed E-state index contributed by atoms with van der Waals surface area (Å²) < 4.78 is 5.04. The number of unbranched alkanes of at least 4 members (excludes halogenated alkanes) is 1. The molecule has 26 heavy (non-hydrogen) atoms. The van der Waals surface area contributed by atoms with E-state index in [1.54, 1.807) is 20.8 Å². The van der Waals surface area contributed by atoms with Gasteiger partial charge in [-0.1, -0.05) is 15.9 Å². The van der Waals surface area contributed by atoms with Gasteiger partial charge < -0.3 is 25.8 Å². The van der Waals surface area contributed by atoms with Crippen molar-refractivity contribution in [1.29, 1.82) is 0 Å². The van der Waals surface area contributed by atoms with Crippen LogP contribution in [0.3, 0.4) is 0 Å². The van der Waals surface area contributed by atoms with Crippen molar-refractivity contribution < 1.29 is 29.0 Å². The first kappa shape index (κ1) is 24.2. The highest BCUT2D eigenvalue weighted by atomic mass is 79.9. The minimum Gasteiger partial charge on any atom is -0.480 e. The van der Waals surface area contributed by atoms with Crippen molar-refractivity contribution in [2.45, 2.75) is 58.1 Å². The summed E-state index contributed by atoms with van der Waals surface area (Å²) in [5, 5.41) is 16.9. The van der Waals surface area contributed by atoms with Gasteiger partial charge in [0.05, 0.1) is 5.33 Å². The molecule has 10 heteroatoms. The minimum absolute atomic E-state index is 0.177. The van der Waals surface area contributed by atoms with Gasteiger partial charge in [0, 0.05) is 19.5 Å². The molecule has 0 aliphatic carbocycles. The Morgan fingerprint density at radius 3 is 2.19 bits per heavy atom. The predicted octanol–water partition coefficient (Wildman–Crippen LogP) is 1.15. The molecule has 0 aliphatic heterocycles. The molecule has 0 saturated heterocycles. The highest BCUT2D eigenvalue weighted by Crippen LogP contribution is 2.08. The van der Waals surface area contributed by atoms with Gasteiger partial charge in [0.25, 0.3) is 0 Å². The zero-order valence-corrected chi connectivity index (χ0v) is 17.0.